The van der Waals surface area contributed by atoms with Gasteiger partial charge in [-0.2, -0.15) is 0 Å². The molecule has 2 aromatic carbocycles. The molecule has 2 heterocycles. The molecule has 0 amide bonds. The minimum absolute atomic E-state index is 0.276. The summed E-state index contributed by atoms with van der Waals surface area (Å²) in [5.74, 6) is 1.07. The lowest BCUT2D eigenvalue weighted by molar-refractivity contribution is 0.312. The maximum Gasteiger partial charge on any atom is 0.183 e. The van der Waals surface area contributed by atoms with Crippen LogP contribution in [0.15, 0.2) is 48.5 Å². The summed E-state index contributed by atoms with van der Waals surface area (Å²) < 4.78 is 13.3. The first-order valence-corrected chi connectivity index (χ1v) is 9.11. The molecule has 1 aliphatic heterocycles. The first-order valence-electron chi connectivity index (χ1n) is 9.11. The molecule has 0 radical (unpaired) electrons. The Hall–Kier alpha value is -2.86. The van der Waals surface area contributed by atoms with Gasteiger partial charge in [-0.1, -0.05) is 29.8 Å². The van der Waals surface area contributed by atoms with E-state index in [9.17, 15) is 4.39 Å². The number of anilines is 1. The van der Waals surface area contributed by atoms with Gasteiger partial charge in [-0.3, -0.25) is 0 Å². The second-order valence-corrected chi connectivity index (χ2v) is 6.97. The number of benzene rings is 2. The molecule has 1 aliphatic rings. The Kier molecular flexibility index (Phi) is 4.81. The Morgan fingerprint density at radius 1 is 0.815 bits per heavy atom. The van der Waals surface area contributed by atoms with Gasteiger partial charge in [0.25, 0.3) is 0 Å². The van der Waals surface area contributed by atoms with Crippen LogP contribution in [0.2, 0.25) is 0 Å². The largest absolute Gasteiger partial charge is 0.352 e. The standard InChI is InChI=1S/C21H22FN5/c1-15-3-5-16(6-4-15)19-21(27-13-11-26(2)12-14-27)23-20(25-24-19)17-7-9-18(22)10-8-17/h3-10H,11-14H2,1-2H3. The van der Waals surface area contributed by atoms with E-state index in [1.807, 2.05) is 0 Å². The quantitative estimate of drug-likeness (QED) is 0.714. The highest BCUT2D eigenvalue weighted by Gasteiger charge is 2.21. The van der Waals surface area contributed by atoms with Gasteiger partial charge in [0.05, 0.1) is 0 Å². The van der Waals surface area contributed by atoms with Crippen molar-refractivity contribution in [1.29, 1.82) is 0 Å². The highest BCUT2D eigenvalue weighted by atomic mass is 19.1. The zero-order valence-electron chi connectivity index (χ0n) is 15.6. The molecule has 4 rings (SSSR count). The Balaban J connectivity index is 1.78. The topological polar surface area (TPSA) is 45.2 Å². The molecule has 5 nitrogen and oxygen atoms in total. The van der Waals surface area contributed by atoms with Gasteiger partial charge in [0, 0.05) is 37.3 Å². The Labute approximate surface area is 158 Å². The monoisotopic (exact) mass is 363 g/mol. The van der Waals surface area contributed by atoms with Crippen molar-refractivity contribution in [3.05, 3.63) is 59.9 Å². The SMILES string of the molecule is Cc1ccc(-c2nnc(-c3ccc(F)cc3)nc2N2CCN(C)CC2)cc1. The van der Waals surface area contributed by atoms with Gasteiger partial charge < -0.3 is 9.80 Å². The number of aryl methyl sites for hydroxylation is 1. The van der Waals surface area contributed by atoms with Crippen LogP contribution in [0.25, 0.3) is 22.6 Å². The first kappa shape index (κ1) is 17.5. The second-order valence-electron chi connectivity index (χ2n) is 6.97. The lowest BCUT2D eigenvalue weighted by atomic mass is 10.1. The molecule has 0 N–H and O–H groups in total. The first-order chi connectivity index (χ1) is 13.1. The minimum Gasteiger partial charge on any atom is -0.352 e. The molecule has 0 spiro atoms. The van der Waals surface area contributed by atoms with Crippen LogP contribution in [0.3, 0.4) is 0 Å². The molecular weight excluding hydrogens is 341 g/mol. The van der Waals surface area contributed by atoms with Gasteiger partial charge in [-0.05, 0) is 38.2 Å². The number of halogens is 1. The van der Waals surface area contributed by atoms with Crippen molar-refractivity contribution in [3.8, 4) is 22.6 Å². The van der Waals surface area contributed by atoms with E-state index in [4.69, 9.17) is 4.98 Å². The fourth-order valence-electron chi connectivity index (χ4n) is 3.18. The summed E-state index contributed by atoms with van der Waals surface area (Å²) in [5.41, 5.74) is 3.74. The minimum atomic E-state index is -0.276. The lowest BCUT2D eigenvalue weighted by Gasteiger charge is -2.34. The molecule has 1 saturated heterocycles. The number of likely N-dealkylation sites (N-methyl/N-ethyl adjacent to an activating group) is 1. The van der Waals surface area contributed by atoms with Gasteiger partial charge in [-0.25, -0.2) is 9.37 Å². The second kappa shape index (κ2) is 7.40. The van der Waals surface area contributed by atoms with Gasteiger partial charge in [0.15, 0.2) is 11.6 Å². The molecule has 6 heteroatoms. The molecule has 138 valence electrons. The number of nitrogens with zero attached hydrogens (tertiary/aromatic N) is 5. The molecule has 3 aromatic rings. The number of hydrogen-bond donors (Lipinski definition) is 0. The summed E-state index contributed by atoms with van der Waals surface area (Å²) in [7, 11) is 2.13. The molecule has 0 aliphatic carbocycles. The maximum absolute atomic E-state index is 13.3. The van der Waals surface area contributed by atoms with Crippen LogP contribution >= 0.6 is 0 Å². The molecular formula is C21H22FN5. The van der Waals surface area contributed by atoms with Gasteiger partial charge in [-0.15, -0.1) is 10.2 Å². The average molecular weight is 363 g/mol. The zero-order chi connectivity index (χ0) is 18.8. The molecule has 0 bridgehead atoms. The fourth-order valence-corrected chi connectivity index (χ4v) is 3.18. The van der Waals surface area contributed by atoms with Crippen molar-refractivity contribution in [3.63, 3.8) is 0 Å². The van der Waals surface area contributed by atoms with E-state index in [1.165, 1.54) is 17.7 Å². The van der Waals surface area contributed by atoms with E-state index in [0.717, 1.165) is 48.8 Å². The van der Waals surface area contributed by atoms with Crippen molar-refractivity contribution in [2.45, 2.75) is 6.92 Å². The third-order valence-corrected chi connectivity index (χ3v) is 4.90. The summed E-state index contributed by atoms with van der Waals surface area (Å²) in [5, 5.41) is 8.84. The molecule has 0 unspecified atom stereocenters. The van der Waals surface area contributed by atoms with Gasteiger partial charge >= 0.3 is 0 Å². The predicted molar refractivity (Wildman–Crippen MR) is 105 cm³/mol. The number of aromatic nitrogens is 3. The fraction of sp³-hybridized carbons (Fsp3) is 0.286. The van der Waals surface area contributed by atoms with Crippen LogP contribution in [-0.2, 0) is 0 Å². The Morgan fingerprint density at radius 2 is 1.44 bits per heavy atom. The van der Waals surface area contributed by atoms with Gasteiger partial charge in [0.2, 0.25) is 0 Å². The van der Waals surface area contributed by atoms with Crippen molar-refractivity contribution in [1.82, 2.24) is 20.1 Å². The Morgan fingerprint density at radius 3 is 2.11 bits per heavy atom. The number of hydrogen-bond acceptors (Lipinski definition) is 5. The molecule has 0 saturated carbocycles. The van der Waals surface area contributed by atoms with Crippen LogP contribution in [0.4, 0.5) is 10.2 Å². The highest BCUT2D eigenvalue weighted by Crippen LogP contribution is 2.29. The number of piperazine rings is 1. The van der Waals surface area contributed by atoms with E-state index in [0.29, 0.717) is 5.82 Å². The Bertz CT molecular complexity index is 916. The van der Waals surface area contributed by atoms with E-state index >= 15 is 0 Å². The van der Waals surface area contributed by atoms with Crippen LogP contribution in [0.5, 0.6) is 0 Å². The predicted octanol–water partition coefficient (Wildman–Crippen LogP) is 3.40. The summed E-state index contributed by atoms with van der Waals surface area (Å²) in [6.45, 7) is 5.78. The summed E-state index contributed by atoms with van der Waals surface area (Å²) >= 11 is 0. The van der Waals surface area contributed by atoms with E-state index in [2.05, 4.69) is 58.2 Å². The number of rotatable bonds is 3. The summed E-state index contributed by atoms with van der Waals surface area (Å²) in [4.78, 5) is 9.40. The van der Waals surface area contributed by atoms with Crippen molar-refractivity contribution >= 4 is 5.82 Å². The third kappa shape index (κ3) is 3.80. The van der Waals surface area contributed by atoms with E-state index in [1.54, 1.807) is 12.1 Å². The molecule has 27 heavy (non-hydrogen) atoms. The van der Waals surface area contributed by atoms with Crippen LogP contribution in [0, 0.1) is 12.7 Å². The van der Waals surface area contributed by atoms with E-state index in [-0.39, 0.29) is 5.82 Å². The highest BCUT2D eigenvalue weighted by molar-refractivity contribution is 5.73. The summed E-state index contributed by atoms with van der Waals surface area (Å²) in [6.07, 6.45) is 0. The third-order valence-electron chi connectivity index (χ3n) is 4.90. The smallest absolute Gasteiger partial charge is 0.183 e. The average Bonchev–Trinajstić information content (AvgIpc) is 2.69. The van der Waals surface area contributed by atoms with Gasteiger partial charge in [0.1, 0.15) is 11.5 Å². The molecule has 1 aromatic heterocycles. The normalized spacial score (nSPS) is 15.1. The van der Waals surface area contributed by atoms with Crippen LogP contribution in [0.1, 0.15) is 5.56 Å². The molecule has 1 fully saturated rings. The lowest BCUT2D eigenvalue weighted by Crippen LogP contribution is -2.45. The zero-order valence-corrected chi connectivity index (χ0v) is 15.6. The van der Waals surface area contributed by atoms with Crippen molar-refractivity contribution in [2.24, 2.45) is 0 Å². The van der Waals surface area contributed by atoms with E-state index < -0.39 is 0 Å². The van der Waals surface area contributed by atoms with Crippen molar-refractivity contribution in [2.75, 3.05) is 38.1 Å². The van der Waals surface area contributed by atoms with Crippen molar-refractivity contribution < 1.29 is 4.39 Å². The van der Waals surface area contributed by atoms with Crippen LogP contribution in [-0.4, -0.2) is 53.3 Å². The molecule has 0 atom stereocenters. The summed E-state index contributed by atoms with van der Waals surface area (Å²) in [6, 6.07) is 14.5. The van der Waals surface area contributed by atoms with Crippen LogP contribution < -0.4 is 4.90 Å². The maximum atomic E-state index is 13.3.